The number of ether oxygens (including phenoxy) is 1. The molecule has 0 saturated heterocycles. The second-order valence-corrected chi connectivity index (χ2v) is 6.17. The Bertz CT molecular complexity index is 604. The number of rotatable bonds is 4. The minimum atomic E-state index is -4.66. The van der Waals surface area contributed by atoms with Gasteiger partial charge in [0.25, 0.3) is 0 Å². The van der Waals surface area contributed by atoms with Gasteiger partial charge in [0.15, 0.2) is 0 Å². The fourth-order valence-corrected chi connectivity index (χ4v) is 3.26. The van der Waals surface area contributed by atoms with Gasteiger partial charge < -0.3 is 10.1 Å². The number of benzene rings is 1. The summed E-state index contributed by atoms with van der Waals surface area (Å²) in [5.74, 6) is -0.209. The zero-order valence-corrected chi connectivity index (χ0v) is 12.7. The summed E-state index contributed by atoms with van der Waals surface area (Å²) in [6.45, 7) is 4.08. The molecule has 0 aliphatic carbocycles. The molecular formula is C15H16F3NOS. The van der Waals surface area contributed by atoms with Gasteiger partial charge in [0.2, 0.25) is 0 Å². The predicted octanol–water partition coefficient (Wildman–Crippen LogP) is 4.57. The number of hydrogen-bond acceptors (Lipinski definition) is 3. The number of hydrogen-bond donors (Lipinski definition) is 1. The Morgan fingerprint density at radius 2 is 1.76 bits per heavy atom. The second kappa shape index (κ2) is 6.07. The highest BCUT2D eigenvalue weighted by molar-refractivity contribution is 7.12. The van der Waals surface area contributed by atoms with Crippen molar-refractivity contribution in [3.8, 4) is 5.75 Å². The van der Waals surface area contributed by atoms with Crippen LogP contribution in [-0.2, 0) is 0 Å². The first-order chi connectivity index (χ1) is 9.80. The number of aryl methyl sites for hydroxylation is 2. The van der Waals surface area contributed by atoms with E-state index in [9.17, 15) is 13.2 Å². The molecule has 0 saturated carbocycles. The Labute approximate surface area is 125 Å². The van der Waals surface area contributed by atoms with Crippen molar-refractivity contribution in [2.24, 2.45) is 0 Å². The molecular weight excluding hydrogens is 299 g/mol. The maximum absolute atomic E-state index is 12.2. The predicted molar refractivity (Wildman–Crippen MR) is 77.8 cm³/mol. The summed E-state index contributed by atoms with van der Waals surface area (Å²) in [6, 6.07) is 8.02. The van der Waals surface area contributed by atoms with Gasteiger partial charge in [-0.3, -0.25) is 0 Å². The Morgan fingerprint density at radius 1 is 1.14 bits per heavy atom. The molecule has 1 aromatic carbocycles. The quantitative estimate of drug-likeness (QED) is 0.892. The van der Waals surface area contributed by atoms with Gasteiger partial charge in [0.1, 0.15) is 5.75 Å². The minimum absolute atomic E-state index is 0.0464. The molecule has 1 N–H and O–H groups in total. The van der Waals surface area contributed by atoms with E-state index in [0.717, 1.165) is 11.1 Å². The zero-order chi connectivity index (χ0) is 15.6. The normalized spacial score (nSPS) is 13.2. The molecule has 1 aromatic heterocycles. The summed E-state index contributed by atoms with van der Waals surface area (Å²) in [5.41, 5.74) is 2.04. The van der Waals surface area contributed by atoms with Crippen molar-refractivity contribution in [2.75, 3.05) is 7.05 Å². The van der Waals surface area contributed by atoms with E-state index in [2.05, 4.69) is 16.1 Å². The Balaban J connectivity index is 2.25. The number of nitrogens with one attached hydrogen (secondary N) is 1. The average molecular weight is 315 g/mol. The SMILES string of the molecule is CNC(c1ccc(OC(F)(F)F)cc1)c1cc(C)sc1C. The van der Waals surface area contributed by atoms with Crippen molar-refractivity contribution in [1.82, 2.24) is 5.32 Å². The lowest BCUT2D eigenvalue weighted by atomic mass is 9.99. The van der Waals surface area contributed by atoms with E-state index in [1.165, 1.54) is 21.9 Å². The highest BCUT2D eigenvalue weighted by Gasteiger charge is 2.31. The molecule has 1 atom stereocenters. The summed E-state index contributed by atoms with van der Waals surface area (Å²) < 4.78 is 40.3. The smallest absolute Gasteiger partial charge is 0.406 e. The highest BCUT2D eigenvalue weighted by atomic mass is 32.1. The van der Waals surface area contributed by atoms with E-state index in [4.69, 9.17) is 0 Å². The third kappa shape index (κ3) is 3.98. The largest absolute Gasteiger partial charge is 0.573 e. The van der Waals surface area contributed by atoms with Crippen LogP contribution in [0, 0.1) is 13.8 Å². The molecule has 2 rings (SSSR count). The molecule has 1 unspecified atom stereocenters. The van der Waals surface area contributed by atoms with Gasteiger partial charge in [0, 0.05) is 9.75 Å². The molecule has 0 fully saturated rings. The van der Waals surface area contributed by atoms with Crippen LogP contribution in [0.25, 0.3) is 0 Å². The summed E-state index contributed by atoms with van der Waals surface area (Å²) in [6.07, 6.45) is -4.66. The second-order valence-electron chi connectivity index (χ2n) is 4.71. The van der Waals surface area contributed by atoms with Gasteiger partial charge in [0.05, 0.1) is 6.04 Å². The highest BCUT2D eigenvalue weighted by Crippen LogP contribution is 2.32. The zero-order valence-electron chi connectivity index (χ0n) is 11.9. The van der Waals surface area contributed by atoms with E-state index in [0.29, 0.717) is 0 Å². The number of halogens is 3. The van der Waals surface area contributed by atoms with Crippen LogP contribution in [0.4, 0.5) is 13.2 Å². The fourth-order valence-electron chi connectivity index (χ4n) is 2.30. The van der Waals surface area contributed by atoms with Gasteiger partial charge in [-0.2, -0.15) is 0 Å². The van der Waals surface area contributed by atoms with E-state index < -0.39 is 6.36 Å². The van der Waals surface area contributed by atoms with Crippen LogP contribution >= 0.6 is 11.3 Å². The van der Waals surface area contributed by atoms with Gasteiger partial charge in [-0.05, 0) is 50.2 Å². The third-order valence-corrected chi connectivity index (χ3v) is 4.11. The molecule has 6 heteroatoms. The molecule has 114 valence electrons. The van der Waals surface area contributed by atoms with Crippen LogP contribution in [0.3, 0.4) is 0 Å². The number of alkyl halides is 3. The van der Waals surface area contributed by atoms with Crippen molar-refractivity contribution in [3.05, 3.63) is 51.2 Å². The van der Waals surface area contributed by atoms with E-state index in [1.807, 2.05) is 20.9 Å². The molecule has 0 aliphatic heterocycles. The van der Waals surface area contributed by atoms with E-state index in [-0.39, 0.29) is 11.8 Å². The standard InChI is InChI=1S/C15H16F3NOS/c1-9-8-13(10(2)21-9)14(19-3)11-4-6-12(7-5-11)20-15(16,17)18/h4-8,14,19H,1-3H3. The van der Waals surface area contributed by atoms with Crippen molar-refractivity contribution in [2.45, 2.75) is 26.3 Å². The minimum Gasteiger partial charge on any atom is -0.406 e. The van der Waals surface area contributed by atoms with Crippen LogP contribution in [-0.4, -0.2) is 13.4 Å². The van der Waals surface area contributed by atoms with Gasteiger partial charge in [-0.1, -0.05) is 12.1 Å². The van der Waals surface area contributed by atoms with Crippen LogP contribution < -0.4 is 10.1 Å². The maximum Gasteiger partial charge on any atom is 0.573 e. The van der Waals surface area contributed by atoms with E-state index >= 15 is 0 Å². The monoisotopic (exact) mass is 315 g/mol. The lowest BCUT2D eigenvalue weighted by Crippen LogP contribution is -2.19. The van der Waals surface area contributed by atoms with Crippen molar-refractivity contribution < 1.29 is 17.9 Å². The van der Waals surface area contributed by atoms with Crippen molar-refractivity contribution in [1.29, 1.82) is 0 Å². The Kier molecular flexibility index (Phi) is 4.58. The molecule has 0 radical (unpaired) electrons. The molecule has 2 nitrogen and oxygen atoms in total. The molecule has 0 amide bonds. The lowest BCUT2D eigenvalue weighted by molar-refractivity contribution is -0.274. The molecule has 1 heterocycles. The third-order valence-electron chi connectivity index (χ3n) is 3.13. The van der Waals surface area contributed by atoms with Gasteiger partial charge >= 0.3 is 6.36 Å². The molecule has 0 bridgehead atoms. The number of thiophene rings is 1. The van der Waals surface area contributed by atoms with Crippen LogP contribution in [0.15, 0.2) is 30.3 Å². The summed E-state index contributed by atoms with van der Waals surface area (Å²) >= 11 is 1.71. The summed E-state index contributed by atoms with van der Waals surface area (Å²) in [4.78, 5) is 2.40. The van der Waals surface area contributed by atoms with Crippen LogP contribution in [0.1, 0.15) is 26.9 Å². The molecule has 0 aliphatic rings. The van der Waals surface area contributed by atoms with Crippen LogP contribution in [0.2, 0.25) is 0 Å². The lowest BCUT2D eigenvalue weighted by Gasteiger charge is -2.17. The van der Waals surface area contributed by atoms with Gasteiger partial charge in [-0.15, -0.1) is 24.5 Å². The Hall–Kier alpha value is -1.53. The molecule has 21 heavy (non-hydrogen) atoms. The maximum atomic E-state index is 12.2. The first-order valence-electron chi connectivity index (χ1n) is 6.40. The van der Waals surface area contributed by atoms with Crippen molar-refractivity contribution >= 4 is 11.3 Å². The summed E-state index contributed by atoms with van der Waals surface area (Å²) in [5, 5.41) is 3.20. The topological polar surface area (TPSA) is 21.3 Å². The average Bonchev–Trinajstić information content (AvgIpc) is 2.70. The van der Waals surface area contributed by atoms with Gasteiger partial charge in [-0.25, -0.2) is 0 Å². The van der Waals surface area contributed by atoms with E-state index in [1.54, 1.807) is 23.5 Å². The molecule has 2 aromatic rings. The first-order valence-corrected chi connectivity index (χ1v) is 7.21. The summed E-state index contributed by atoms with van der Waals surface area (Å²) in [7, 11) is 1.83. The first kappa shape index (κ1) is 15.9. The van der Waals surface area contributed by atoms with Crippen LogP contribution in [0.5, 0.6) is 5.75 Å². The van der Waals surface area contributed by atoms with Crippen molar-refractivity contribution in [3.63, 3.8) is 0 Å². The molecule has 0 spiro atoms. The fraction of sp³-hybridized carbons (Fsp3) is 0.333. The Morgan fingerprint density at radius 3 is 2.19 bits per heavy atom.